The molecule has 3 heterocycles. The van der Waals surface area contributed by atoms with Crippen LogP contribution >= 0.6 is 11.3 Å². The van der Waals surface area contributed by atoms with Gasteiger partial charge in [0.15, 0.2) is 0 Å². The Labute approximate surface area is 128 Å². The maximum atomic E-state index is 12.5. The van der Waals surface area contributed by atoms with Gasteiger partial charge in [-0.2, -0.15) is 0 Å². The molecule has 0 fully saturated rings. The highest BCUT2D eigenvalue weighted by Crippen LogP contribution is 2.40. The zero-order valence-corrected chi connectivity index (χ0v) is 12.3. The average Bonchev–Trinajstić information content (AvgIpc) is 3.20. The molecular formula is C14H10N4O3S. The molecule has 0 bridgehead atoms. The molecule has 0 unspecified atom stereocenters. The van der Waals surface area contributed by atoms with Crippen LogP contribution in [-0.2, 0) is 9.59 Å². The zero-order valence-electron chi connectivity index (χ0n) is 11.4. The molecule has 3 aromatic rings. The lowest BCUT2D eigenvalue weighted by Gasteiger charge is -2.10. The van der Waals surface area contributed by atoms with Crippen LogP contribution in [0.1, 0.15) is 11.5 Å². The minimum Gasteiger partial charge on any atom is -0.464 e. The summed E-state index contributed by atoms with van der Waals surface area (Å²) in [6, 6.07) is 5.42. The molecule has 2 aromatic heterocycles. The number of hydrogen-bond donors (Lipinski definition) is 1. The van der Waals surface area contributed by atoms with E-state index < -0.39 is 11.8 Å². The van der Waals surface area contributed by atoms with Gasteiger partial charge in [-0.05, 0) is 18.2 Å². The Balaban J connectivity index is 1.77. The smallest absolute Gasteiger partial charge is 0.243 e. The first kappa shape index (κ1) is 13.0. The van der Waals surface area contributed by atoms with Gasteiger partial charge in [-0.1, -0.05) is 11.3 Å². The molecule has 0 saturated heterocycles. The lowest BCUT2D eigenvalue weighted by Crippen LogP contribution is -2.31. The summed E-state index contributed by atoms with van der Waals surface area (Å²) in [5.74, 6) is -1.60. The van der Waals surface area contributed by atoms with Crippen molar-refractivity contribution in [2.75, 3.05) is 17.3 Å². The van der Waals surface area contributed by atoms with E-state index in [4.69, 9.17) is 4.42 Å². The molecule has 0 spiro atoms. The first-order valence-corrected chi connectivity index (χ1v) is 7.39. The van der Waals surface area contributed by atoms with Crippen LogP contribution in [0.4, 0.5) is 10.8 Å². The number of likely N-dealkylation sites (N-methyl/N-ethyl adjacent to an activating group) is 1. The molecule has 1 N–H and O–H groups in total. The average molecular weight is 314 g/mol. The number of furan rings is 1. The Morgan fingerprint density at radius 2 is 2.32 bits per heavy atom. The van der Waals surface area contributed by atoms with Crippen LogP contribution in [0.25, 0.3) is 11.0 Å². The quantitative estimate of drug-likeness (QED) is 0.731. The minimum atomic E-state index is -0.904. The second kappa shape index (κ2) is 4.63. The van der Waals surface area contributed by atoms with Crippen molar-refractivity contribution in [1.82, 2.24) is 10.2 Å². The monoisotopic (exact) mass is 314 g/mol. The number of amides is 2. The summed E-state index contributed by atoms with van der Waals surface area (Å²) in [6.07, 6.45) is 1.58. The summed E-state index contributed by atoms with van der Waals surface area (Å²) >= 11 is 1.20. The number of hydrogen-bond acceptors (Lipinski definition) is 6. The van der Waals surface area contributed by atoms with Crippen molar-refractivity contribution in [3.8, 4) is 0 Å². The van der Waals surface area contributed by atoms with E-state index in [0.717, 1.165) is 11.1 Å². The van der Waals surface area contributed by atoms with Gasteiger partial charge in [0.05, 0.1) is 6.26 Å². The number of aromatic nitrogens is 2. The fraction of sp³-hybridized carbons (Fsp3) is 0.143. The molecule has 0 aliphatic carbocycles. The van der Waals surface area contributed by atoms with E-state index in [1.165, 1.54) is 21.7 Å². The van der Waals surface area contributed by atoms with Crippen molar-refractivity contribution in [3.63, 3.8) is 0 Å². The minimum absolute atomic E-state index is 0.273. The molecule has 1 aliphatic rings. The maximum Gasteiger partial charge on any atom is 0.243 e. The summed E-state index contributed by atoms with van der Waals surface area (Å²) < 4.78 is 5.37. The van der Waals surface area contributed by atoms with E-state index in [1.807, 2.05) is 12.1 Å². The summed E-state index contributed by atoms with van der Waals surface area (Å²) in [5.41, 5.74) is 3.52. The van der Waals surface area contributed by atoms with Crippen LogP contribution in [0.15, 0.2) is 34.4 Å². The third kappa shape index (κ3) is 1.81. The van der Waals surface area contributed by atoms with Crippen molar-refractivity contribution >= 4 is 44.9 Å². The third-order valence-electron chi connectivity index (χ3n) is 3.70. The number of nitrogens with one attached hydrogen (secondary N) is 1. The molecule has 0 saturated carbocycles. The molecular weight excluding hydrogens is 304 g/mol. The molecule has 1 aromatic carbocycles. The Hall–Kier alpha value is -2.74. The van der Waals surface area contributed by atoms with Crippen molar-refractivity contribution < 1.29 is 14.0 Å². The van der Waals surface area contributed by atoms with E-state index in [9.17, 15) is 9.59 Å². The van der Waals surface area contributed by atoms with Crippen molar-refractivity contribution in [3.05, 3.63) is 35.5 Å². The summed E-state index contributed by atoms with van der Waals surface area (Å²) in [4.78, 5) is 26.4. The number of benzene rings is 1. The van der Waals surface area contributed by atoms with Gasteiger partial charge in [-0.3, -0.25) is 14.9 Å². The first-order valence-electron chi connectivity index (χ1n) is 6.51. The van der Waals surface area contributed by atoms with E-state index in [-0.39, 0.29) is 5.91 Å². The van der Waals surface area contributed by atoms with Crippen LogP contribution in [0.2, 0.25) is 0 Å². The molecule has 1 aliphatic heterocycles. The van der Waals surface area contributed by atoms with Crippen LogP contribution in [-0.4, -0.2) is 29.1 Å². The molecule has 8 heteroatoms. The number of anilines is 2. The molecule has 4 rings (SSSR count). The van der Waals surface area contributed by atoms with Crippen molar-refractivity contribution in [1.29, 1.82) is 0 Å². The fourth-order valence-electron chi connectivity index (χ4n) is 2.64. The third-order valence-corrected chi connectivity index (χ3v) is 4.31. The highest BCUT2D eigenvalue weighted by atomic mass is 32.1. The predicted molar refractivity (Wildman–Crippen MR) is 80.9 cm³/mol. The van der Waals surface area contributed by atoms with Crippen LogP contribution in [0.3, 0.4) is 0 Å². The van der Waals surface area contributed by atoms with Crippen molar-refractivity contribution in [2.24, 2.45) is 0 Å². The number of nitrogens with zero attached hydrogens (tertiary/aromatic N) is 3. The fourth-order valence-corrected chi connectivity index (χ4v) is 3.09. The number of carbonyl (C=O) groups is 2. The Kier molecular flexibility index (Phi) is 2.73. The van der Waals surface area contributed by atoms with Gasteiger partial charge in [0, 0.05) is 23.7 Å². The van der Waals surface area contributed by atoms with E-state index in [1.54, 1.807) is 19.4 Å². The van der Waals surface area contributed by atoms with Gasteiger partial charge in [0.25, 0.3) is 0 Å². The van der Waals surface area contributed by atoms with Crippen LogP contribution < -0.4 is 10.2 Å². The highest BCUT2D eigenvalue weighted by Gasteiger charge is 2.41. The second-order valence-electron chi connectivity index (χ2n) is 4.93. The van der Waals surface area contributed by atoms with Gasteiger partial charge < -0.3 is 9.32 Å². The van der Waals surface area contributed by atoms with E-state index >= 15 is 0 Å². The first-order chi connectivity index (χ1) is 10.6. The molecule has 2 amide bonds. The SMILES string of the molecule is CN1C(=O)[C@H](C(=O)Nc2nncs2)c2cc3occc3cc21. The van der Waals surface area contributed by atoms with Crippen LogP contribution in [0, 0.1) is 0 Å². The summed E-state index contributed by atoms with van der Waals surface area (Å²) in [7, 11) is 1.66. The molecule has 22 heavy (non-hydrogen) atoms. The second-order valence-corrected chi connectivity index (χ2v) is 5.77. The predicted octanol–water partition coefficient (Wildman–Crippen LogP) is 1.98. The zero-order chi connectivity index (χ0) is 15.3. The molecule has 1 atom stereocenters. The van der Waals surface area contributed by atoms with Crippen LogP contribution in [0.5, 0.6) is 0 Å². The lowest BCUT2D eigenvalue weighted by molar-refractivity contribution is -0.126. The summed E-state index contributed by atoms with van der Waals surface area (Å²) in [6.45, 7) is 0. The van der Waals surface area contributed by atoms with Gasteiger partial charge in [-0.15, -0.1) is 10.2 Å². The van der Waals surface area contributed by atoms with E-state index in [0.29, 0.717) is 16.3 Å². The number of carbonyl (C=O) groups excluding carboxylic acids is 2. The maximum absolute atomic E-state index is 12.5. The normalized spacial score (nSPS) is 17.0. The Morgan fingerprint density at radius 1 is 1.45 bits per heavy atom. The highest BCUT2D eigenvalue weighted by molar-refractivity contribution is 7.13. The van der Waals surface area contributed by atoms with Gasteiger partial charge in [-0.25, -0.2) is 0 Å². The van der Waals surface area contributed by atoms with E-state index in [2.05, 4.69) is 15.5 Å². The number of rotatable bonds is 2. The topological polar surface area (TPSA) is 88.3 Å². The lowest BCUT2D eigenvalue weighted by atomic mass is 9.99. The molecule has 110 valence electrons. The Bertz CT molecular complexity index is 887. The van der Waals surface area contributed by atoms with Gasteiger partial charge in [0.2, 0.25) is 16.9 Å². The van der Waals surface area contributed by atoms with Crippen molar-refractivity contribution in [2.45, 2.75) is 5.92 Å². The van der Waals surface area contributed by atoms with Gasteiger partial charge >= 0.3 is 0 Å². The standard InChI is InChI=1S/C14H10N4O3S/c1-18-9-4-7-2-3-21-10(7)5-8(9)11(13(18)20)12(19)16-14-17-15-6-22-14/h2-6,11H,1H3,(H,16,17,19)/t11-/m0/s1. The number of fused-ring (bicyclic) bond motifs is 2. The molecule has 0 radical (unpaired) electrons. The van der Waals surface area contributed by atoms with Gasteiger partial charge in [0.1, 0.15) is 17.0 Å². The molecule has 7 nitrogen and oxygen atoms in total. The summed E-state index contributed by atoms with van der Waals surface area (Å²) in [5, 5.41) is 11.3. The Morgan fingerprint density at radius 3 is 3.09 bits per heavy atom. The largest absolute Gasteiger partial charge is 0.464 e.